The number of aromatic nitrogens is 1. The van der Waals surface area contributed by atoms with Crippen LogP contribution < -0.4 is 10.1 Å². The molecule has 0 bridgehead atoms. The zero-order valence-corrected chi connectivity index (χ0v) is 12.3. The number of pyridine rings is 1. The van der Waals surface area contributed by atoms with Crippen LogP contribution in [0.3, 0.4) is 0 Å². The molecular weight excluding hydrogens is 248 g/mol. The van der Waals surface area contributed by atoms with Crippen molar-refractivity contribution in [2.75, 3.05) is 13.2 Å². The number of unbranched alkanes of at least 4 members (excludes halogenated alkanes) is 1. The lowest BCUT2D eigenvalue weighted by Gasteiger charge is -2.10. The van der Waals surface area contributed by atoms with Crippen LogP contribution in [0.25, 0.3) is 0 Å². The van der Waals surface area contributed by atoms with E-state index < -0.39 is 0 Å². The van der Waals surface area contributed by atoms with E-state index in [0.29, 0.717) is 23.4 Å². The van der Waals surface area contributed by atoms with Gasteiger partial charge in [-0.1, -0.05) is 38.8 Å². The van der Waals surface area contributed by atoms with Crippen LogP contribution in [0.4, 0.5) is 0 Å². The molecule has 0 saturated heterocycles. The third-order valence-electron chi connectivity index (χ3n) is 2.53. The molecule has 0 aliphatic carbocycles. The summed E-state index contributed by atoms with van der Waals surface area (Å²) in [6, 6.07) is 1.92. The highest BCUT2D eigenvalue weighted by atomic mass is 35.5. The Morgan fingerprint density at radius 2 is 2.22 bits per heavy atom. The molecule has 18 heavy (non-hydrogen) atoms. The Morgan fingerprint density at radius 3 is 2.89 bits per heavy atom. The molecule has 0 atom stereocenters. The highest BCUT2D eigenvalue weighted by Gasteiger charge is 2.04. The van der Waals surface area contributed by atoms with Gasteiger partial charge in [0.15, 0.2) is 0 Å². The third-order valence-corrected chi connectivity index (χ3v) is 2.87. The summed E-state index contributed by atoms with van der Waals surface area (Å²) in [5.74, 6) is 1.29. The fraction of sp³-hybridized carbons (Fsp3) is 0.643. The molecule has 0 fully saturated rings. The van der Waals surface area contributed by atoms with E-state index >= 15 is 0 Å². The summed E-state index contributed by atoms with van der Waals surface area (Å²) in [4.78, 5) is 4.17. The van der Waals surface area contributed by atoms with Crippen LogP contribution in [-0.2, 0) is 6.54 Å². The van der Waals surface area contributed by atoms with Crippen molar-refractivity contribution in [1.29, 1.82) is 0 Å². The number of ether oxygens (including phenoxy) is 1. The number of halogens is 1. The molecule has 0 saturated carbocycles. The number of hydrogen-bond donors (Lipinski definition) is 1. The lowest BCUT2D eigenvalue weighted by molar-refractivity contribution is 0.297. The third kappa shape index (κ3) is 5.69. The van der Waals surface area contributed by atoms with Gasteiger partial charge in [-0.2, -0.15) is 0 Å². The molecule has 0 unspecified atom stereocenters. The molecule has 0 radical (unpaired) electrons. The summed E-state index contributed by atoms with van der Waals surface area (Å²) in [6.07, 6.45) is 3.83. The van der Waals surface area contributed by atoms with Crippen molar-refractivity contribution in [3.8, 4) is 5.88 Å². The number of hydrogen-bond acceptors (Lipinski definition) is 3. The minimum absolute atomic E-state index is 0.630. The second-order valence-electron chi connectivity index (χ2n) is 4.84. The summed E-state index contributed by atoms with van der Waals surface area (Å²) in [5.41, 5.74) is 1.04. The Hall–Kier alpha value is -0.800. The molecule has 0 aliphatic rings. The molecule has 0 amide bonds. The van der Waals surface area contributed by atoms with Crippen LogP contribution in [-0.4, -0.2) is 18.1 Å². The van der Waals surface area contributed by atoms with Crippen molar-refractivity contribution in [2.24, 2.45) is 5.92 Å². The lowest BCUT2D eigenvalue weighted by Crippen LogP contribution is -2.19. The van der Waals surface area contributed by atoms with Gasteiger partial charge in [0.2, 0.25) is 5.88 Å². The van der Waals surface area contributed by atoms with Gasteiger partial charge >= 0.3 is 0 Å². The number of nitrogens with one attached hydrogen (secondary N) is 1. The monoisotopic (exact) mass is 270 g/mol. The van der Waals surface area contributed by atoms with E-state index in [1.165, 1.54) is 0 Å². The van der Waals surface area contributed by atoms with Gasteiger partial charge in [-0.3, -0.25) is 0 Å². The fourth-order valence-electron chi connectivity index (χ4n) is 1.49. The van der Waals surface area contributed by atoms with Gasteiger partial charge in [-0.25, -0.2) is 4.98 Å². The molecule has 0 aromatic carbocycles. The zero-order valence-electron chi connectivity index (χ0n) is 11.5. The first-order valence-electron chi connectivity index (χ1n) is 6.61. The van der Waals surface area contributed by atoms with Gasteiger partial charge in [-0.05, 0) is 24.4 Å². The second kappa shape index (κ2) is 8.33. The smallest absolute Gasteiger partial charge is 0.213 e. The van der Waals surface area contributed by atoms with E-state index in [0.717, 1.165) is 31.5 Å². The average Bonchev–Trinajstić information content (AvgIpc) is 2.33. The fourth-order valence-corrected chi connectivity index (χ4v) is 1.66. The molecule has 1 aromatic rings. The van der Waals surface area contributed by atoms with Crippen molar-refractivity contribution >= 4 is 11.6 Å². The molecule has 1 heterocycles. The number of nitrogens with zero attached hydrogens (tertiary/aromatic N) is 1. The van der Waals surface area contributed by atoms with Crippen molar-refractivity contribution < 1.29 is 4.74 Å². The standard InChI is InChI=1S/C14H23ClN2O/c1-4-5-6-18-14-7-12(13(15)10-17-14)9-16-8-11(2)3/h7,10-11,16H,4-6,8-9H2,1-3H3. The quantitative estimate of drug-likeness (QED) is 0.732. The van der Waals surface area contributed by atoms with E-state index in [-0.39, 0.29) is 0 Å². The molecule has 102 valence electrons. The Balaban J connectivity index is 2.52. The Kier molecular flexibility index (Phi) is 7.06. The molecule has 1 rings (SSSR count). The average molecular weight is 271 g/mol. The van der Waals surface area contributed by atoms with E-state index in [2.05, 4.69) is 31.1 Å². The van der Waals surface area contributed by atoms with Crippen LogP contribution in [0.5, 0.6) is 5.88 Å². The van der Waals surface area contributed by atoms with E-state index in [9.17, 15) is 0 Å². The molecule has 0 aliphatic heterocycles. The first kappa shape index (κ1) is 15.3. The van der Waals surface area contributed by atoms with Crippen LogP contribution >= 0.6 is 11.6 Å². The lowest BCUT2D eigenvalue weighted by atomic mass is 10.2. The topological polar surface area (TPSA) is 34.1 Å². The van der Waals surface area contributed by atoms with E-state index in [4.69, 9.17) is 16.3 Å². The molecule has 0 spiro atoms. The van der Waals surface area contributed by atoms with Gasteiger partial charge < -0.3 is 10.1 Å². The SMILES string of the molecule is CCCCOc1cc(CNCC(C)C)c(Cl)cn1. The Labute approximate surface area is 115 Å². The summed E-state index contributed by atoms with van der Waals surface area (Å²) in [7, 11) is 0. The Bertz CT molecular complexity index is 356. The van der Waals surface area contributed by atoms with Crippen molar-refractivity contribution in [2.45, 2.75) is 40.2 Å². The summed E-state index contributed by atoms with van der Waals surface area (Å²) < 4.78 is 5.57. The predicted molar refractivity (Wildman–Crippen MR) is 76.2 cm³/mol. The molecule has 1 N–H and O–H groups in total. The van der Waals surface area contributed by atoms with E-state index in [1.54, 1.807) is 6.20 Å². The molecule has 4 heteroatoms. The first-order chi connectivity index (χ1) is 8.63. The second-order valence-corrected chi connectivity index (χ2v) is 5.25. The van der Waals surface area contributed by atoms with Crippen molar-refractivity contribution in [3.63, 3.8) is 0 Å². The Morgan fingerprint density at radius 1 is 1.44 bits per heavy atom. The van der Waals surface area contributed by atoms with Crippen LogP contribution in [0.1, 0.15) is 39.2 Å². The van der Waals surface area contributed by atoms with Crippen molar-refractivity contribution in [1.82, 2.24) is 10.3 Å². The largest absolute Gasteiger partial charge is 0.478 e. The van der Waals surface area contributed by atoms with Gasteiger partial charge in [0.25, 0.3) is 0 Å². The zero-order chi connectivity index (χ0) is 13.4. The minimum atomic E-state index is 0.630. The number of rotatable bonds is 8. The van der Waals surface area contributed by atoms with E-state index in [1.807, 2.05) is 6.07 Å². The molecule has 3 nitrogen and oxygen atoms in total. The summed E-state index contributed by atoms with van der Waals surface area (Å²) >= 11 is 6.11. The minimum Gasteiger partial charge on any atom is -0.478 e. The van der Waals surface area contributed by atoms with Gasteiger partial charge in [0, 0.05) is 18.8 Å². The maximum absolute atomic E-state index is 6.11. The van der Waals surface area contributed by atoms with Gasteiger partial charge in [0.05, 0.1) is 11.6 Å². The highest BCUT2D eigenvalue weighted by Crippen LogP contribution is 2.19. The molecular formula is C14H23ClN2O. The maximum Gasteiger partial charge on any atom is 0.213 e. The molecule has 1 aromatic heterocycles. The van der Waals surface area contributed by atoms with Gasteiger partial charge in [0.1, 0.15) is 0 Å². The predicted octanol–water partition coefficient (Wildman–Crippen LogP) is 3.66. The highest BCUT2D eigenvalue weighted by molar-refractivity contribution is 6.31. The van der Waals surface area contributed by atoms with Crippen LogP contribution in [0, 0.1) is 5.92 Å². The van der Waals surface area contributed by atoms with Crippen LogP contribution in [0.15, 0.2) is 12.3 Å². The normalized spacial score (nSPS) is 10.9. The van der Waals surface area contributed by atoms with Gasteiger partial charge in [-0.15, -0.1) is 0 Å². The summed E-state index contributed by atoms with van der Waals surface area (Å²) in [5, 5.41) is 4.06. The van der Waals surface area contributed by atoms with Crippen LogP contribution in [0.2, 0.25) is 5.02 Å². The summed E-state index contributed by atoms with van der Waals surface area (Å²) in [6.45, 7) is 8.94. The first-order valence-corrected chi connectivity index (χ1v) is 6.99. The van der Waals surface area contributed by atoms with Crippen molar-refractivity contribution in [3.05, 3.63) is 22.8 Å². The maximum atomic E-state index is 6.11.